The van der Waals surface area contributed by atoms with Crippen LogP contribution in [0.25, 0.3) is 0 Å². The van der Waals surface area contributed by atoms with Crippen LogP contribution in [-0.2, 0) is 5.41 Å². The SMILES string of the molecule is Cc1cccc(C(C)(C)CNCC(C)(C)N)c1. The lowest BCUT2D eigenvalue weighted by molar-refractivity contribution is 0.411. The lowest BCUT2D eigenvalue weighted by Gasteiger charge is -2.28. The van der Waals surface area contributed by atoms with Crippen LogP contribution >= 0.6 is 0 Å². The molecule has 0 bridgehead atoms. The molecule has 2 nitrogen and oxygen atoms in total. The van der Waals surface area contributed by atoms with Gasteiger partial charge in [0.05, 0.1) is 0 Å². The summed E-state index contributed by atoms with van der Waals surface area (Å²) in [6, 6.07) is 8.72. The standard InChI is InChI=1S/C15H26N2/c1-12-7-6-8-13(9-12)14(2,3)10-17-11-15(4,5)16/h6-9,17H,10-11,16H2,1-5H3. The predicted molar refractivity (Wildman–Crippen MR) is 75.3 cm³/mol. The van der Waals surface area contributed by atoms with Crippen LogP contribution in [0, 0.1) is 6.92 Å². The van der Waals surface area contributed by atoms with Gasteiger partial charge in [0.25, 0.3) is 0 Å². The zero-order valence-electron chi connectivity index (χ0n) is 11.8. The zero-order valence-corrected chi connectivity index (χ0v) is 11.8. The van der Waals surface area contributed by atoms with Gasteiger partial charge in [0.15, 0.2) is 0 Å². The largest absolute Gasteiger partial charge is 0.324 e. The molecule has 0 radical (unpaired) electrons. The van der Waals surface area contributed by atoms with Gasteiger partial charge < -0.3 is 11.1 Å². The van der Waals surface area contributed by atoms with Crippen molar-refractivity contribution < 1.29 is 0 Å². The van der Waals surface area contributed by atoms with Gasteiger partial charge in [0.1, 0.15) is 0 Å². The number of aryl methyl sites for hydroxylation is 1. The van der Waals surface area contributed by atoms with E-state index in [0.29, 0.717) is 0 Å². The van der Waals surface area contributed by atoms with Gasteiger partial charge >= 0.3 is 0 Å². The average molecular weight is 234 g/mol. The molecule has 0 aliphatic heterocycles. The first kappa shape index (κ1) is 14.2. The first-order valence-electron chi connectivity index (χ1n) is 6.27. The summed E-state index contributed by atoms with van der Waals surface area (Å²) in [4.78, 5) is 0. The first-order valence-corrected chi connectivity index (χ1v) is 6.27. The van der Waals surface area contributed by atoms with E-state index in [2.05, 4.69) is 50.4 Å². The van der Waals surface area contributed by atoms with E-state index < -0.39 is 0 Å². The van der Waals surface area contributed by atoms with Crippen molar-refractivity contribution in [2.45, 2.75) is 45.6 Å². The van der Waals surface area contributed by atoms with Crippen molar-refractivity contribution in [2.24, 2.45) is 5.73 Å². The summed E-state index contributed by atoms with van der Waals surface area (Å²) in [5.74, 6) is 0. The Balaban J connectivity index is 2.62. The van der Waals surface area contributed by atoms with Crippen molar-refractivity contribution in [3.63, 3.8) is 0 Å². The minimum absolute atomic E-state index is 0.136. The van der Waals surface area contributed by atoms with Crippen LogP contribution in [-0.4, -0.2) is 18.6 Å². The van der Waals surface area contributed by atoms with Crippen LogP contribution < -0.4 is 11.1 Å². The smallest absolute Gasteiger partial charge is 0.0223 e. The fourth-order valence-electron chi connectivity index (χ4n) is 1.87. The van der Waals surface area contributed by atoms with Crippen LogP contribution in [0.1, 0.15) is 38.8 Å². The topological polar surface area (TPSA) is 38.0 Å². The van der Waals surface area contributed by atoms with E-state index >= 15 is 0 Å². The van der Waals surface area contributed by atoms with Gasteiger partial charge in [-0.2, -0.15) is 0 Å². The van der Waals surface area contributed by atoms with Gasteiger partial charge in [-0.05, 0) is 26.3 Å². The molecule has 1 aromatic carbocycles. The normalized spacial score (nSPS) is 12.8. The first-order chi connectivity index (χ1) is 7.71. The maximum Gasteiger partial charge on any atom is 0.0223 e. The molecule has 0 aromatic heterocycles. The van der Waals surface area contributed by atoms with Gasteiger partial charge in [-0.3, -0.25) is 0 Å². The minimum Gasteiger partial charge on any atom is -0.324 e. The monoisotopic (exact) mass is 234 g/mol. The maximum absolute atomic E-state index is 5.97. The fraction of sp³-hybridized carbons (Fsp3) is 0.600. The lowest BCUT2D eigenvalue weighted by atomic mass is 9.84. The van der Waals surface area contributed by atoms with Gasteiger partial charge in [0, 0.05) is 24.0 Å². The molecule has 0 aliphatic carbocycles. The van der Waals surface area contributed by atoms with Gasteiger partial charge in [-0.1, -0.05) is 43.7 Å². The summed E-state index contributed by atoms with van der Waals surface area (Å²) >= 11 is 0. The maximum atomic E-state index is 5.97. The van der Waals surface area contributed by atoms with Crippen LogP contribution in [0.5, 0.6) is 0 Å². The Labute approximate surface area is 106 Å². The molecule has 0 atom stereocenters. The summed E-state index contributed by atoms with van der Waals surface area (Å²) in [6.45, 7) is 12.5. The van der Waals surface area contributed by atoms with Crippen LogP contribution in [0.2, 0.25) is 0 Å². The molecule has 1 aromatic rings. The lowest BCUT2D eigenvalue weighted by Crippen LogP contribution is -2.46. The van der Waals surface area contributed by atoms with Gasteiger partial charge in [0.2, 0.25) is 0 Å². The summed E-state index contributed by atoms with van der Waals surface area (Å²) in [6.07, 6.45) is 0. The minimum atomic E-state index is -0.150. The number of hydrogen-bond acceptors (Lipinski definition) is 2. The van der Waals surface area contributed by atoms with Gasteiger partial charge in [-0.15, -0.1) is 0 Å². The third-order valence-electron chi connectivity index (χ3n) is 2.95. The van der Waals surface area contributed by atoms with Crippen molar-refractivity contribution in [1.29, 1.82) is 0 Å². The Kier molecular flexibility index (Phi) is 4.34. The third-order valence-corrected chi connectivity index (χ3v) is 2.95. The molecular weight excluding hydrogens is 208 g/mol. The molecule has 0 unspecified atom stereocenters. The second kappa shape index (κ2) is 5.19. The third kappa shape index (κ3) is 4.88. The van der Waals surface area contributed by atoms with Crippen LogP contribution in [0.3, 0.4) is 0 Å². The molecular formula is C15H26N2. The Morgan fingerprint density at radius 1 is 1.12 bits per heavy atom. The van der Waals surface area contributed by atoms with E-state index in [1.54, 1.807) is 0 Å². The Hall–Kier alpha value is -0.860. The van der Waals surface area contributed by atoms with Crippen LogP contribution in [0.15, 0.2) is 24.3 Å². The summed E-state index contributed by atoms with van der Waals surface area (Å²) in [7, 11) is 0. The van der Waals surface area contributed by atoms with Crippen molar-refractivity contribution in [1.82, 2.24) is 5.32 Å². The summed E-state index contributed by atoms with van der Waals surface area (Å²) in [5, 5.41) is 3.46. The highest BCUT2D eigenvalue weighted by Gasteiger charge is 2.21. The van der Waals surface area contributed by atoms with E-state index in [9.17, 15) is 0 Å². The molecule has 0 heterocycles. The fourth-order valence-corrected chi connectivity index (χ4v) is 1.87. The number of rotatable bonds is 5. The van der Waals surface area contributed by atoms with Crippen molar-refractivity contribution in [3.8, 4) is 0 Å². The molecule has 1 rings (SSSR count). The molecule has 0 spiro atoms. The predicted octanol–water partition coefficient (Wildman–Crippen LogP) is 2.60. The highest BCUT2D eigenvalue weighted by atomic mass is 14.9. The van der Waals surface area contributed by atoms with Crippen molar-refractivity contribution >= 4 is 0 Å². The summed E-state index contributed by atoms with van der Waals surface area (Å²) < 4.78 is 0. The van der Waals surface area contributed by atoms with Gasteiger partial charge in [-0.25, -0.2) is 0 Å². The highest BCUT2D eigenvalue weighted by Crippen LogP contribution is 2.23. The van der Waals surface area contributed by atoms with E-state index in [4.69, 9.17) is 5.73 Å². The second-order valence-corrected chi connectivity index (χ2v) is 6.35. The Bertz CT molecular complexity index is 361. The van der Waals surface area contributed by atoms with Crippen molar-refractivity contribution in [3.05, 3.63) is 35.4 Å². The van der Waals surface area contributed by atoms with Crippen molar-refractivity contribution in [2.75, 3.05) is 13.1 Å². The van der Waals surface area contributed by atoms with E-state index in [0.717, 1.165) is 13.1 Å². The molecule has 0 fully saturated rings. The molecule has 0 saturated heterocycles. The molecule has 17 heavy (non-hydrogen) atoms. The number of nitrogens with one attached hydrogen (secondary N) is 1. The second-order valence-electron chi connectivity index (χ2n) is 6.35. The molecule has 96 valence electrons. The number of nitrogens with two attached hydrogens (primary N) is 1. The molecule has 0 amide bonds. The highest BCUT2D eigenvalue weighted by molar-refractivity contribution is 5.28. The van der Waals surface area contributed by atoms with E-state index in [-0.39, 0.29) is 11.0 Å². The van der Waals surface area contributed by atoms with E-state index in [1.807, 2.05) is 13.8 Å². The molecule has 2 heteroatoms. The number of benzene rings is 1. The van der Waals surface area contributed by atoms with E-state index in [1.165, 1.54) is 11.1 Å². The zero-order chi connectivity index (χ0) is 13.1. The Morgan fingerprint density at radius 2 is 1.76 bits per heavy atom. The molecule has 0 saturated carbocycles. The quantitative estimate of drug-likeness (QED) is 0.822. The Morgan fingerprint density at radius 3 is 2.29 bits per heavy atom. The average Bonchev–Trinajstić information content (AvgIpc) is 2.15. The summed E-state index contributed by atoms with van der Waals surface area (Å²) in [5.41, 5.74) is 8.64. The van der Waals surface area contributed by atoms with Crippen LogP contribution in [0.4, 0.5) is 0 Å². The molecule has 3 N–H and O–H groups in total. The molecule has 0 aliphatic rings. The number of hydrogen-bond donors (Lipinski definition) is 2.